The summed E-state index contributed by atoms with van der Waals surface area (Å²) < 4.78 is 12.1. The average Bonchev–Trinajstić information content (AvgIpc) is 3.07. The number of carbonyl (C=O) groups excluding carboxylic acids is 1. The first-order valence-electron chi connectivity index (χ1n) is 8.68. The number of rotatable bonds is 4. The summed E-state index contributed by atoms with van der Waals surface area (Å²) in [6, 6.07) is 5.07. The zero-order valence-electron chi connectivity index (χ0n) is 15.1. The minimum absolute atomic E-state index is 0.00328. The number of ether oxygens (including phenoxy) is 2. The molecule has 140 valence electrons. The highest BCUT2D eigenvalue weighted by Crippen LogP contribution is 2.30. The maximum atomic E-state index is 13.0. The van der Waals surface area contributed by atoms with Crippen LogP contribution in [-0.2, 0) is 12.8 Å². The predicted molar refractivity (Wildman–Crippen MR) is 103 cm³/mol. The highest BCUT2D eigenvalue weighted by atomic mass is 32.1. The fourth-order valence-electron chi connectivity index (χ4n) is 3.33. The van der Waals surface area contributed by atoms with E-state index in [1.807, 2.05) is 0 Å². The Kier molecular flexibility index (Phi) is 4.57. The summed E-state index contributed by atoms with van der Waals surface area (Å²) >= 11 is 1.53. The number of benzene rings is 1. The van der Waals surface area contributed by atoms with Gasteiger partial charge in [0.2, 0.25) is 0 Å². The van der Waals surface area contributed by atoms with Crippen LogP contribution in [0.3, 0.4) is 0 Å². The van der Waals surface area contributed by atoms with Crippen LogP contribution in [0.15, 0.2) is 29.2 Å². The lowest BCUT2D eigenvalue weighted by Crippen LogP contribution is -2.27. The fraction of sp³-hybridized carbons (Fsp3) is 0.316. The number of anilines is 1. The number of nitrogens with one attached hydrogen (secondary N) is 1. The van der Waals surface area contributed by atoms with Crippen molar-refractivity contribution in [2.24, 2.45) is 0 Å². The maximum absolute atomic E-state index is 13.0. The highest BCUT2D eigenvalue weighted by Gasteiger charge is 2.22. The van der Waals surface area contributed by atoms with E-state index >= 15 is 0 Å². The predicted octanol–water partition coefficient (Wildman–Crippen LogP) is 2.90. The highest BCUT2D eigenvalue weighted by molar-refractivity contribution is 7.17. The number of aryl methyl sites for hydroxylation is 2. The fourth-order valence-corrected chi connectivity index (χ4v) is 4.49. The monoisotopic (exact) mass is 385 g/mol. The molecule has 2 aromatic heterocycles. The number of hydrogen-bond donors (Lipinski definition) is 1. The van der Waals surface area contributed by atoms with Crippen molar-refractivity contribution in [2.75, 3.05) is 19.5 Å². The molecule has 1 aromatic carbocycles. The quantitative estimate of drug-likeness (QED) is 0.747. The molecule has 0 saturated carbocycles. The van der Waals surface area contributed by atoms with Crippen molar-refractivity contribution in [2.45, 2.75) is 25.7 Å². The Balaban J connectivity index is 1.73. The maximum Gasteiger partial charge on any atom is 0.271 e. The molecule has 2 heterocycles. The SMILES string of the molecule is COc1ccc(OC)c(NC(=O)c2cnc3sc4c(n3c2=O)CCCC4)c1. The van der Waals surface area contributed by atoms with Crippen LogP contribution in [0.5, 0.6) is 11.5 Å². The van der Waals surface area contributed by atoms with Crippen molar-refractivity contribution in [3.8, 4) is 11.5 Å². The minimum Gasteiger partial charge on any atom is -0.497 e. The number of fused-ring (bicyclic) bond motifs is 3. The van der Waals surface area contributed by atoms with Crippen LogP contribution in [0.1, 0.15) is 33.8 Å². The first kappa shape index (κ1) is 17.5. The van der Waals surface area contributed by atoms with E-state index in [9.17, 15) is 9.59 Å². The van der Waals surface area contributed by atoms with Crippen molar-refractivity contribution in [3.63, 3.8) is 0 Å². The lowest BCUT2D eigenvalue weighted by atomic mass is 10.0. The molecule has 3 aromatic rings. The third kappa shape index (κ3) is 3.06. The first-order chi connectivity index (χ1) is 13.1. The van der Waals surface area contributed by atoms with Crippen LogP contribution in [0.2, 0.25) is 0 Å². The zero-order chi connectivity index (χ0) is 19.0. The lowest BCUT2D eigenvalue weighted by Gasteiger charge is -2.12. The van der Waals surface area contributed by atoms with Gasteiger partial charge in [0.25, 0.3) is 11.5 Å². The van der Waals surface area contributed by atoms with Gasteiger partial charge in [0.05, 0.1) is 19.9 Å². The zero-order valence-corrected chi connectivity index (χ0v) is 15.9. The molecule has 1 amide bonds. The van der Waals surface area contributed by atoms with Crippen molar-refractivity contribution >= 4 is 27.9 Å². The second-order valence-corrected chi connectivity index (χ2v) is 7.36. The number of nitrogens with zero attached hydrogens (tertiary/aromatic N) is 2. The molecule has 4 rings (SSSR count). The number of thiazole rings is 1. The van der Waals surface area contributed by atoms with Crippen LogP contribution in [0, 0.1) is 0 Å². The molecule has 0 atom stereocenters. The van der Waals surface area contributed by atoms with Crippen molar-refractivity contribution in [3.05, 3.63) is 50.9 Å². The Morgan fingerprint density at radius 1 is 1.22 bits per heavy atom. The van der Waals surface area contributed by atoms with E-state index in [4.69, 9.17) is 9.47 Å². The molecule has 0 aliphatic heterocycles. The molecule has 0 saturated heterocycles. The Morgan fingerprint density at radius 3 is 2.81 bits per heavy atom. The third-order valence-electron chi connectivity index (χ3n) is 4.70. The molecular formula is C19H19N3O4S. The molecule has 27 heavy (non-hydrogen) atoms. The van der Waals surface area contributed by atoms with Crippen LogP contribution in [0.4, 0.5) is 5.69 Å². The van der Waals surface area contributed by atoms with E-state index < -0.39 is 5.91 Å². The van der Waals surface area contributed by atoms with Crippen LogP contribution < -0.4 is 20.3 Å². The van der Waals surface area contributed by atoms with Crippen molar-refractivity contribution in [1.29, 1.82) is 0 Å². The number of aromatic nitrogens is 2. The van der Waals surface area contributed by atoms with Gasteiger partial charge >= 0.3 is 0 Å². The standard InChI is InChI=1S/C19H19N3O4S/c1-25-11-7-8-15(26-2)13(9-11)21-17(23)12-10-20-19-22(18(12)24)14-5-3-4-6-16(14)27-19/h7-10H,3-6H2,1-2H3,(H,21,23). The van der Waals surface area contributed by atoms with Gasteiger partial charge < -0.3 is 14.8 Å². The Bertz CT molecular complexity index is 1090. The summed E-state index contributed by atoms with van der Waals surface area (Å²) in [6.45, 7) is 0. The number of carbonyl (C=O) groups is 1. The van der Waals surface area contributed by atoms with E-state index in [1.54, 1.807) is 22.6 Å². The van der Waals surface area contributed by atoms with Gasteiger partial charge in [-0.15, -0.1) is 11.3 Å². The summed E-state index contributed by atoms with van der Waals surface area (Å²) in [6.07, 6.45) is 5.32. The van der Waals surface area contributed by atoms with Crippen molar-refractivity contribution in [1.82, 2.24) is 9.38 Å². The molecule has 0 unspecified atom stereocenters. The first-order valence-corrected chi connectivity index (χ1v) is 9.49. The molecule has 0 bridgehead atoms. The average molecular weight is 385 g/mol. The lowest BCUT2D eigenvalue weighted by molar-refractivity contribution is 0.102. The molecule has 8 heteroatoms. The number of amides is 1. The minimum atomic E-state index is -0.524. The molecule has 0 radical (unpaired) electrons. The molecular weight excluding hydrogens is 366 g/mol. The second kappa shape index (κ2) is 7.03. The van der Waals surface area contributed by atoms with Crippen molar-refractivity contribution < 1.29 is 14.3 Å². The summed E-state index contributed by atoms with van der Waals surface area (Å²) in [7, 11) is 3.05. The third-order valence-corrected chi connectivity index (χ3v) is 5.86. The number of hydrogen-bond acceptors (Lipinski definition) is 6. The summed E-state index contributed by atoms with van der Waals surface area (Å²) in [5.74, 6) is 0.527. The summed E-state index contributed by atoms with van der Waals surface area (Å²) in [4.78, 5) is 31.9. The Labute approximate surface area is 159 Å². The Hall–Kier alpha value is -2.87. The van der Waals surface area contributed by atoms with Gasteiger partial charge in [0.1, 0.15) is 17.1 Å². The molecule has 0 fully saturated rings. The van der Waals surface area contributed by atoms with Gasteiger partial charge in [-0.3, -0.25) is 14.0 Å². The van der Waals surface area contributed by atoms with Gasteiger partial charge in [0, 0.05) is 22.8 Å². The Morgan fingerprint density at radius 2 is 2.04 bits per heavy atom. The van der Waals surface area contributed by atoms with E-state index in [-0.39, 0.29) is 11.1 Å². The van der Waals surface area contributed by atoms with Crippen LogP contribution in [0.25, 0.3) is 4.96 Å². The van der Waals surface area contributed by atoms with E-state index in [1.165, 1.54) is 36.6 Å². The van der Waals surface area contributed by atoms with E-state index in [0.717, 1.165) is 31.4 Å². The van der Waals surface area contributed by atoms with Gasteiger partial charge in [-0.2, -0.15) is 0 Å². The van der Waals surface area contributed by atoms with E-state index in [2.05, 4.69) is 10.3 Å². The van der Waals surface area contributed by atoms with Crippen LogP contribution in [-0.4, -0.2) is 29.5 Å². The molecule has 7 nitrogen and oxygen atoms in total. The summed E-state index contributed by atoms with van der Waals surface area (Å²) in [5, 5.41) is 2.74. The molecule has 1 aliphatic carbocycles. The number of methoxy groups -OCH3 is 2. The topological polar surface area (TPSA) is 81.9 Å². The van der Waals surface area contributed by atoms with Crippen LogP contribution >= 0.6 is 11.3 Å². The smallest absolute Gasteiger partial charge is 0.271 e. The van der Waals surface area contributed by atoms with Gasteiger partial charge in [0.15, 0.2) is 4.96 Å². The molecule has 0 spiro atoms. The van der Waals surface area contributed by atoms with E-state index in [0.29, 0.717) is 22.1 Å². The summed E-state index contributed by atoms with van der Waals surface area (Å²) in [5.41, 5.74) is 1.09. The van der Waals surface area contributed by atoms with Gasteiger partial charge in [-0.05, 0) is 37.8 Å². The molecule has 1 aliphatic rings. The molecule has 1 N–H and O–H groups in total. The van der Waals surface area contributed by atoms with Gasteiger partial charge in [-0.25, -0.2) is 4.98 Å². The normalized spacial score (nSPS) is 13.3. The van der Waals surface area contributed by atoms with Gasteiger partial charge in [-0.1, -0.05) is 0 Å². The second-order valence-electron chi connectivity index (χ2n) is 6.29. The largest absolute Gasteiger partial charge is 0.497 e.